The van der Waals surface area contributed by atoms with Crippen LogP contribution in [0.1, 0.15) is 6.42 Å². The molecule has 0 fully saturated rings. The molecule has 0 aliphatic rings. The van der Waals surface area contributed by atoms with Crippen molar-refractivity contribution in [2.24, 2.45) is 5.73 Å². The fourth-order valence-corrected chi connectivity index (χ4v) is 0.957. The van der Waals surface area contributed by atoms with Crippen molar-refractivity contribution < 1.29 is 4.79 Å². The molecule has 0 spiro atoms. The highest BCUT2D eigenvalue weighted by Crippen LogP contribution is 2.00. The Morgan fingerprint density at radius 3 is 2.78 bits per heavy atom. The highest BCUT2D eigenvalue weighted by molar-refractivity contribution is 7.98. The third-order valence-electron chi connectivity index (χ3n) is 0.924. The summed E-state index contributed by atoms with van der Waals surface area (Å²) in [6.07, 6.45) is 2.63. The third-order valence-corrected chi connectivity index (χ3v) is 1.85. The molecule has 1 unspecified atom stereocenters. The van der Waals surface area contributed by atoms with E-state index < -0.39 is 11.3 Å². The summed E-state index contributed by atoms with van der Waals surface area (Å²) in [5.41, 5.74) is 5.31. The molecule has 4 heteroatoms. The van der Waals surface area contributed by atoms with Crippen molar-refractivity contribution in [1.82, 2.24) is 0 Å². The second-order valence-corrected chi connectivity index (χ2v) is 3.05. The van der Waals surface area contributed by atoms with Crippen molar-refractivity contribution in [3.63, 3.8) is 0 Å². The standard InChI is InChI=1S/C5H10ClNOS/c1-9-3-2-4(7)5(6)8/h4H,2-3,7H2,1H3. The zero-order valence-corrected chi connectivity index (χ0v) is 6.84. The van der Waals surface area contributed by atoms with E-state index in [1.165, 1.54) is 0 Å². The molecule has 2 N–H and O–H groups in total. The average molecular weight is 168 g/mol. The molecule has 0 aliphatic carbocycles. The molecular weight excluding hydrogens is 158 g/mol. The summed E-state index contributed by atoms with van der Waals surface area (Å²) >= 11 is 6.75. The summed E-state index contributed by atoms with van der Waals surface area (Å²) in [6, 6.07) is -0.473. The zero-order valence-electron chi connectivity index (χ0n) is 5.26. The highest BCUT2D eigenvalue weighted by atomic mass is 35.5. The van der Waals surface area contributed by atoms with Crippen LogP contribution in [-0.2, 0) is 4.79 Å². The minimum Gasteiger partial charge on any atom is -0.320 e. The van der Waals surface area contributed by atoms with Crippen molar-refractivity contribution in [3.05, 3.63) is 0 Å². The van der Waals surface area contributed by atoms with Gasteiger partial charge in [0.1, 0.15) is 0 Å². The summed E-state index contributed by atoms with van der Waals surface area (Å²) in [5.74, 6) is 0.889. The lowest BCUT2D eigenvalue weighted by Gasteiger charge is -2.02. The van der Waals surface area contributed by atoms with E-state index in [4.69, 9.17) is 17.3 Å². The second kappa shape index (κ2) is 5.09. The average Bonchev–Trinajstić information content (AvgIpc) is 1.82. The molecule has 9 heavy (non-hydrogen) atoms. The van der Waals surface area contributed by atoms with Gasteiger partial charge < -0.3 is 5.73 Å². The molecule has 0 heterocycles. The molecule has 0 radical (unpaired) electrons. The van der Waals surface area contributed by atoms with Crippen LogP contribution in [0.15, 0.2) is 0 Å². The maximum absolute atomic E-state index is 10.3. The van der Waals surface area contributed by atoms with E-state index in [0.29, 0.717) is 6.42 Å². The Balaban J connectivity index is 3.27. The van der Waals surface area contributed by atoms with Gasteiger partial charge in [-0.1, -0.05) is 0 Å². The maximum atomic E-state index is 10.3. The van der Waals surface area contributed by atoms with E-state index >= 15 is 0 Å². The van der Waals surface area contributed by atoms with Crippen LogP contribution >= 0.6 is 23.4 Å². The van der Waals surface area contributed by atoms with Crippen molar-refractivity contribution in [1.29, 1.82) is 0 Å². The molecule has 0 saturated carbocycles. The van der Waals surface area contributed by atoms with Gasteiger partial charge in [-0.3, -0.25) is 4.79 Å². The zero-order chi connectivity index (χ0) is 7.28. The van der Waals surface area contributed by atoms with Crippen molar-refractivity contribution >= 4 is 28.6 Å². The number of halogens is 1. The Bertz CT molecular complexity index is 99.0. The second-order valence-electron chi connectivity index (χ2n) is 1.69. The van der Waals surface area contributed by atoms with E-state index in [1.54, 1.807) is 11.8 Å². The van der Waals surface area contributed by atoms with Crippen LogP contribution < -0.4 is 5.73 Å². The fourth-order valence-electron chi connectivity index (χ4n) is 0.358. The van der Waals surface area contributed by atoms with E-state index in [1.807, 2.05) is 6.26 Å². The summed E-state index contributed by atoms with van der Waals surface area (Å²) in [7, 11) is 0. The Kier molecular flexibility index (Phi) is 5.24. The first-order valence-electron chi connectivity index (χ1n) is 2.62. The lowest BCUT2D eigenvalue weighted by Crippen LogP contribution is -2.27. The van der Waals surface area contributed by atoms with Crippen molar-refractivity contribution in [3.8, 4) is 0 Å². The van der Waals surface area contributed by atoms with Crippen LogP contribution in [-0.4, -0.2) is 23.3 Å². The smallest absolute Gasteiger partial charge is 0.238 e. The number of carbonyl (C=O) groups excluding carboxylic acids is 1. The van der Waals surface area contributed by atoms with Crippen LogP contribution in [0.25, 0.3) is 0 Å². The first-order chi connectivity index (χ1) is 4.18. The summed E-state index contributed by atoms with van der Waals surface area (Å²) in [6.45, 7) is 0. The van der Waals surface area contributed by atoms with Crippen LogP contribution in [0.3, 0.4) is 0 Å². The topological polar surface area (TPSA) is 43.1 Å². The van der Waals surface area contributed by atoms with Gasteiger partial charge in [0.05, 0.1) is 6.04 Å². The molecule has 0 saturated heterocycles. The number of rotatable bonds is 4. The minimum atomic E-state index is -0.473. The van der Waals surface area contributed by atoms with E-state index in [0.717, 1.165) is 5.75 Å². The van der Waals surface area contributed by atoms with Gasteiger partial charge in [0.15, 0.2) is 0 Å². The number of carbonyl (C=O) groups is 1. The van der Waals surface area contributed by atoms with Crippen LogP contribution in [0, 0.1) is 0 Å². The monoisotopic (exact) mass is 167 g/mol. The van der Waals surface area contributed by atoms with E-state index in [-0.39, 0.29) is 0 Å². The van der Waals surface area contributed by atoms with Crippen molar-refractivity contribution in [2.45, 2.75) is 12.5 Å². The molecule has 0 aromatic heterocycles. The first kappa shape index (κ1) is 9.27. The molecule has 2 nitrogen and oxygen atoms in total. The summed E-state index contributed by atoms with van der Waals surface area (Å²) in [5, 5.41) is -0.441. The molecule has 0 aromatic carbocycles. The van der Waals surface area contributed by atoms with Crippen LogP contribution in [0.4, 0.5) is 0 Å². The summed E-state index contributed by atoms with van der Waals surface area (Å²) < 4.78 is 0. The van der Waals surface area contributed by atoms with Gasteiger partial charge in [-0.25, -0.2) is 0 Å². The van der Waals surface area contributed by atoms with Gasteiger partial charge in [0.2, 0.25) is 5.24 Å². The molecule has 0 aromatic rings. The lowest BCUT2D eigenvalue weighted by molar-refractivity contribution is -0.112. The number of thioether (sulfide) groups is 1. The molecule has 54 valence electrons. The van der Waals surface area contributed by atoms with Gasteiger partial charge in [-0.05, 0) is 30.0 Å². The van der Waals surface area contributed by atoms with Crippen LogP contribution in [0.5, 0.6) is 0 Å². The van der Waals surface area contributed by atoms with Gasteiger partial charge in [-0.15, -0.1) is 0 Å². The molecule has 0 amide bonds. The molecular formula is C5H10ClNOS. The third kappa shape index (κ3) is 4.75. The number of hydrogen-bond donors (Lipinski definition) is 1. The number of nitrogens with two attached hydrogens (primary N) is 1. The first-order valence-corrected chi connectivity index (χ1v) is 4.39. The Labute approximate surface area is 64.1 Å². The molecule has 1 atom stereocenters. The Morgan fingerprint density at radius 2 is 2.44 bits per heavy atom. The van der Waals surface area contributed by atoms with Crippen molar-refractivity contribution in [2.75, 3.05) is 12.0 Å². The maximum Gasteiger partial charge on any atom is 0.238 e. The normalized spacial score (nSPS) is 13.2. The van der Waals surface area contributed by atoms with Gasteiger partial charge in [0.25, 0.3) is 0 Å². The van der Waals surface area contributed by atoms with Gasteiger partial charge in [-0.2, -0.15) is 11.8 Å². The van der Waals surface area contributed by atoms with Gasteiger partial charge >= 0.3 is 0 Å². The molecule has 0 bridgehead atoms. The predicted octanol–water partition coefficient (Wildman–Crippen LogP) is 0.832. The number of hydrogen-bond acceptors (Lipinski definition) is 3. The van der Waals surface area contributed by atoms with E-state index in [9.17, 15) is 4.79 Å². The molecule has 0 rings (SSSR count). The van der Waals surface area contributed by atoms with Gasteiger partial charge in [0, 0.05) is 0 Å². The van der Waals surface area contributed by atoms with Crippen LogP contribution in [0.2, 0.25) is 0 Å². The SMILES string of the molecule is CSCCC(N)C(=O)Cl. The Morgan fingerprint density at radius 1 is 1.89 bits per heavy atom. The summed E-state index contributed by atoms with van der Waals surface area (Å²) in [4.78, 5) is 10.3. The predicted molar refractivity (Wildman–Crippen MR) is 41.8 cm³/mol. The van der Waals surface area contributed by atoms with E-state index in [2.05, 4.69) is 0 Å². The quantitative estimate of drug-likeness (QED) is 0.631. The fraction of sp³-hybridized carbons (Fsp3) is 0.800. The lowest BCUT2D eigenvalue weighted by atomic mass is 10.3. The highest BCUT2D eigenvalue weighted by Gasteiger charge is 2.07. The Hall–Kier alpha value is 0.270. The minimum absolute atomic E-state index is 0.441. The molecule has 0 aliphatic heterocycles. The largest absolute Gasteiger partial charge is 0.320 e.